The molecule has 1 N–H and O–H groups in total. The van der Waals surface area contributed by atoms with Crippen LogP contribution in [0, 0.1) is 11.3 Å². The highest BCUT2D eigenvalue weighted by Crippen LogP contribution is 2.33. The lowest BCUT2D eigenvalue weighted by Crippen LogP contribution is -2.32. The maximum absolute atomic E-state index is 11.3. The Bertz CT molecular complexity index is 615. The van der Waals surface area contributed by atoms with Crippen molar-refractivity contribution in [3.63, 3.8) is 0 Å². The molecule has 1 atom stereocenters. The number of aldehydes is 1. The monoisotopic (exact) mass is 294 g/mol. The number of allylic oxidation sites excluding steroid dienone is 2. The molecule has 1 aliphatic carbocycles. The van der Waals surface area contributed by atoms with Gasteiger partial charge in [0, 0.05) is 0 Å². The smallest absolute Gasteiger partial charge is 0.200 e. The van der Waals surface area contributed by atoms with Gasteiger partial charge in [-0.05, 0) is 24.3 Å². The summed E-state index contributed by atoms with van der Waals surface area (Å²) in [6.45, 7) is 0. The molecule has 0 radical (unpaired) electrons. The van der Waals surface area contributed by atoms with E-state index in [0.29, 0.717) is 22.0 Å². The van der Waals surface area contributed by atoms with Crippen LogP contribution < -0.4 is 0 Å². The number of nitrogens with one attached hydrogen (secondary N) is 1. The lowest BCUT2D eigenvalue weighted by molar-refractivity contribution is -0.111. The van der Waals surface area contributed by atoms with Gasteiger partial charge in [-0.1, -0.05) is 29.3 Å². The molecule has 19 heavy (non-hydrogen) atoms. The third-order valence-electron chi connectivity index (χ3n) is 2.62. The van der Waals surface area contributed by atoms with Crippen LogP contribution in [0.1, 0.15) is 0 Å². The molecule has 4 nitrogen and oxygen atoms in total. The lowest BCUT2D eigenvalue weighted by Gasteiger charge is -2.15. The summed E-state index contributed by atoms with van der Waals surface area (Å²) >= 11 is 12.0. The molecular weight excluding hydrogens is 287 g/mol. The van der Waals surface area contributed by atoms with E-state index < -0.39 is 11.7 Å². The Labute approximate surface area is 119 Å². The molecule has 96 valence electrons. The minimum Gasteiger partial charge on any atom is -0.302 e. The number of benzene rings is 1. The first-order valence-electron chi connectivity index (χ1n) is 5.33. The topological polar surface area (TPSA) is 70.3 Å². The molecule has 1 unspecified atom stereocenters. The summed E-state index contributed by atoms with van der Waals surface area (Å²) in [5.74, 6) is -1.48. The van der Waals surface area contributed by atoms with Gasteiger partial charge in [0.05, 0.1) is 21.5 Å². The first kappa shape index (κ1) is 13.6. The number of hydrogen-bond donors (Lipinski definition) is 1. The number of ketones is 1. The van der Waals surface area contributed by atoms with Crippen molar-refractivity contribution in [2.75, 3.05) is 0 Å². The quantitative estimate of drug-likeness (QED) is 0.852. The van der Waals surface area contributed by atoms with Crippen LogP contribution in [0.25, 0.3) is 0 Å². The van der Waals surface area contributed by atoms with Gasteiger partial charge in [-0.3, -0.25) is 4.79 Å². The average molecular weight is 295 g/mol. The Kier molecular flexibility index (Phi) is 3.93. The highest BCUT2D eigenvalue weighted by atomic mass is 35.5. The van der Waals surface area contributed by atoms with E-state index in [1.807, 2.05) is 0 Å². The van der Waals surface area contributed by atoms with Gasteiger partial charge in [0.1, 0.15) is 17.9 Å². The molecule has 0 spiro atoms. The maximum atomic E-state index is 11.3. The van der Waals surface area contributed by atoms with E-state index in [0.717, 1.165) is 0 Å². The van der Waals surface area contributed by atoms with Gasteiger partial charge in [0.15, 0.2) is 5.78 Å². The van der Waals surface area contributed by atoms with E-state index in [9.17, 15) is 9.59 Å². The molecule has 1 aromatic carbocycles. The van der Waals surface area contributed by atoms with Crippen LogP contribution in [0.4, 0.5) is 5.69 Å². The highest BCUT2D eigenvalue weighted by molar-refractivity contribution is 6.53. The Balaban J connectivity index is 2.54. The van der Waals surface area contributed by atoms with Gasteiger partial charge in [-0.25, -0.2) is 4.99 Å². The molecule has 6 heteroatoms. The number of rotatable bonds is 2. The standard InChI is InChI=1S/C13H8Cl2N2O2/c14-8-2-1-3-9(15)13(8)17-10-4-5-11(19)12(16)7(10)6-18/h1-7,16H. The van der Waals surface area contributed by atoms with Crippen molar-refractivity contribution in [3.05, 3.63) is 40.4 Å². The molecule has 1 aliphatic rings. The molecule has 0 fully saturated rings. The van der Waals surface area contributed by atoms with Gasteiger partial charge in [-0.15, -0.1) is 0 Å². The molecule has 0 saturated carbocycles. The number of carbonyl (C=O) groups excluding carboxylic acids is 2. The Hall–Kier alpha value is -1.78. The summed E-state index contributed by atoms with van der Waals surface area (Å²) in [4.78, 5) is 26.5. The van der Waals surface area contributed by atoms with Gasteiger partial charge >= 0.3 is 0 Å². The van der Waals surface area contributed by atoms with Gasteiger partial charge < -0.3 is 10.2 Å². The summed E-state index contributed by atoms with van der Waals surface area (Å²) in [6, 6.07) is 4.91. The van der Waals surface area contributed by atoms with Crippen molar-refractivity contribution in [2.45, 2.75) is 0 Å². The second kappa shape index (κ2) is 5.47. The van der Waals surface area contributed by atoms with E-state index in [2.05, 4.69) is 4.99 Å². The lowest BCUT2D eigenvalue weighted by atomic mass is 9.90. The number of hydrogen-bond acceptors (Lipinski definition) is 4. The van der Waals surface area contributed by atoms with E-state index in [4.69, 9.17) is 28.6 Å². The maximum Gasteiger partial charge on any atom is 0.200 e. The summed E-state index contributed by atoms with van der Waals surface area (Å²) in [6.07, 6.45) is 3.11. The van der Waals surface area contributed by atoms with Crippen LogP contribution in [0.5, 0.6) is 0 Å². The predicted octanol–water partition coefficient (Wildman–Crippen LogP) is 3.04. The molecule has 0 amide bonds. The number of para-hydroxylation sites is 1. The largest absolute Gasteiger partial charge is 0.302 e. The molecule has 0 aromatic heterocycles. The van der Waals surface area contributed by atoms with E-state index in [1.165, 1.54) is 12.2 Å². The normalized spacial score (nSPS) is 20.9. The molecule has 0 saturated heterocycles. The Morgan fingerprint density at radius 1 is 1.21 bits per heavy atom. The number of carbonyl (C=O) groups is 2. The van der Waals surface area contributed by atoms with E-state index in [-0.39, 0.29) is 11.4 Å². The fourth-order valence-corrected chi connectivity index (χ4v) is 2.11. The average Bonchev–Trinajstić information content (AvgIpc) is 2.38. The zero-order chi connectivity index (χ0) is 14.0. The second-order valence-corrected chi connectivity index (χ2v) is 4.65. The van der Waals surface area contributed by atoms with Crippen LogP contribution in [0.3, 0.4) is 0 Å². The fraction of sp³-hybridized carbons (Fsp3) is 0.0769. The summed E-state index contributed by atoms with van der Waals surface area (Å²) in [7, 11) is 0. The van der Waals surface area contributed by atoms with Crippen molar-refractivity contribution < 1.29 is 9.59 Å². The highest BCUT2D eigenvalue weighted by Gasteiger charge is 2.27. The van der Waals surface area contributed by atoms with Crippen molar-refractivity contribution >= 4 is 52.4 Å². The molecule has 1 aromatic rings. The van der Waals surface area contributed by atoms with Crippen molar-refractivity contribution in [1.29, 1.82) is 5.41 Å². The zero-order valence-corrected chi connectivity index (χ0v) is 11.1. The summed E-state index contributed by atoms with van der Waals surface area (Å²) < 4.78 is 0. The molecule has 0 bridgehead atoms. The van der Waals surface area contributed by atoms with Crippen LogP contribution in [-0.2, 0) is 9.59 Å². The van der Waals surface area contributed by atoms with Gasteiger partial charge in [0.2, 0.25) is 0 Å². The van der Waals surface area contributed by atoms with Crippen LogP contribution in [-0.4, -0.2) is 23.5 Å². The summed E-state index contributed by atoms with van der Waals surface area (Å²) in [5.41, 5.74) is 0.286. The summed E-state index contributed by atoms with van der Waals surface area (Å²) in [5, 5.41) is 8.25. The Morgan fingerprint density at radius 2 is 1.84 bits per heavy atom. The van der Waals surface area contributed by atoms with Crippen molar-refractivity contribution in [1.82, 2.24) is 0 Å². The van der Waals surface area contributed by atoms with Crippen LogP contribution in [0.15, 0.2) is 35.3 Å². The molecule has 0 aliphatic heterocycles. The molecule has 0 heterocycles. The minimum atomic E-state index is -0.982. The van der Waals surface area contributed by atoms with Crippen LogP contribution in [0.2, 0.25) is 10.0 Å². The van der Waals surface area contributed by atoms with Gasteiger partial charge in [0.25, 0.3) is 0 Å². The number of aliphatic imine (C=N–C) groups is 1. The van der Waals surface area contributed by atoms with E-state index >= 15 is 0 Å². The first-order valence-corrected chi connectivity index (χ1v) is 6.09. The van der Waals surface area contributed by atoms with Gasteiger partial charge in [-0.2, -0.15) is 0 Å². The number of halogens is 2. The van der Waals surface area contributed by atoms with Crippen LogP contribution >= 0.6 is 23.2 Å². The SMILES string of the molecule is N=C1C(=O)C=CC(=Nc2c(Cl)cccc2Cl)C1C=O. The number of nitrogens with zero attached hydrogens (tertiary/aromatic N) is 1. The fourth-order valence-electron chi connectivity index (χ4n) is 1.63. The first-order chi connectivity index (χ1) is 9.04. The predicted molar refractivity (Wildman–Crippen MR) is 75.0 cm³/mol. The third kappa shape index (κ3) is 2.64. The minimum absolute atomic E-state index is 0.273. The Morgan fingerprint density at radius 3 is 2.42 bits per heavy atom. The second-order valence-electron chi connectivity index (χ2n) is 3.83. The van der Waals surface area contributed by atoms with Crippen molar-refractivity contribution in [3.8, 4) is 0 Å². The molecule has 2 rings (SSSR count). The zero-order valence-electron chi connectivity index (χ0n) is 9.56. The molecular formula is C13H8Cl2N2O2. The third-order valence-corrected chi connectivity index (χ3v) is 3.23. The van der Waals surface area contributed by atoms with E-state index in [1.54, 1.807) is 18.2 Å². The van der Waals surface area contributed by atoms with Crippen molar-refractivity contribution in [2.24, 2.45) is 10.9 Å².